The summed E-state index contributed by atoms with van der Waals surface area (Å²) in [5, 5.41) is 0.915. The first-order valence-electron chi connectivity index (χ1n) is 8.12. The largest absolute Gasteiger partial charge is 0.382 e. The molecule has 2 heterocycles. The maximum absolute atomic E-state index is 6.26. The van der Waals surface area contributed by atoms with Crippen LogP contribution in [0.25, 0.3) is 11.3 Å². The van der Waals surface area contributed by atoms with Gasteiger partial charge in [0, 0.05) is 18.7 Å². The summed E-state index contributed by atoms with van der Waals surface area (Å²) < 4.78 is 0. The number of nitrogens with zero attached hydrogens (tertiary/aromatic N) is 3. The van der Waals surface area contributed by atoms with Crippen molar-refractivity contribution in [2.75, 3.05) is 30.3 Å². The Hall–Kier alpha value is -1.56. The SMILES string of the molecule is NCCCC1CCN(c2cnc(-c3cccc(Cl)c3Cl)c(N)n2)C1. The minimum atomic E-state index is 0.363. The Labute approximate surface area is 152 Å². The second-order valence-electron chi connectivity index (χ2n) is 6.10. The number of nitrogens with two attached hydrogens (primary N) is 2. The molecule has 0 radical (unpaired) electrons. The molecule has 1 aromatic carbocycles. The summed E-state index contributed by atoms with van der Waals surface area (Å²) in [5.74, 6) is 1.84. The number of benzene rings is 1. The van der Waals surface area contributed by atoms with Gasteiger partial charge in [0.25, 0.3) is 0 Å². The van der Waals surface area contributed by atoms with E-state index in [1.165, 1.54) is 0 Å². The number of aromatic nitrogens is 2. The number of hydrogen-bond acceptors (Lipinski definition) is 5. The van der Waals surface area contributed by atoms with Crippen LogP contribution in [-0.2, 0) is 0 Å². The monoisotopic (exact) mass is 365 g/mol. The fourth-order valence-corrected chi connectivity index (χ4v) is 3.51. The van der Waals surface area contributed by atoms with Crippen LogP contribution in [0.3, 0.4) is 0 Å². The molecular formula is C17H21Cl2N5. The molecule has 0 saturated carbocycles. The van der Waals surface area contributed by atoms with Crippen LogP contribution in [0.5, 0.6) is 0 Å². The van der Waals surface area contributed by atoms with Gasteiger partial charge in [0.1, 0.15) is 11.5 Å². The normalized spacial score (nSPS) is 17.5. The van der Waals surface area contributed by atoms with Crippen molar-refractivity contribution in [2.24, 2.45) is 11.7 Å². The minimum Gasteiger partial charge on any atom is -0.382 e. The van der Waals surface area contributed by atoms with Gasteiger partial charge in [0.2, 0.25) is 0 Å². The van der Waals surface area contributed by atoms with Gasteiger partial charge >= 0.3 is 0 Å². The van der Waals surface area contributed by atoms with Crippen LogP contribution in [0, 0.1) is 5.92 Å². The summed E-state index contributed by atoms with van der Waals surface area (Å²) in [6.45, 7) is 2.70. The Morgan fingerprint density at radius 1 is 1.29 bits per heavy atom. The molecule has 5 nitrogen and oxygen atoms in total. The maximum atomic E-state index is 6.26. The molecule has 1 unspecified atom stereocenters. The van der Waals surface area contributed by atoms with Gasteiger partial charge in [-0.2, -0.15) is 0 Å². The van der Waals surface area contributed by atoms with E-state index in [-0.39, 0.29) is 0 Å². The van der Waals surface area contributed by atoms with Gasteiger partial charge in [-0.15, -0.1) is 0 Å². The van der Waals surface area contributed by atoms with Gasteiger partial charge in [0.05, 0.1) is 16.2 Å². The molecule has 7 heteroatoms. The third-order valence-electron chi connectivity index (χ3n) is 4.42. The highest BCUT2D eigenvalue weighted by Crippen LogP contribution is 2.35. The molecule has 0 amide bonds. The number of anilines is 2. The zero-order chi connectivity index (χ0) is 17.1. The quantitative estimate of drug-likeness (QED) is 0.845. The van der Waals surface area contributed by atoms with Crippen molar-refractivity contribution in [3.05, 3.63) is 34.4 Å². The highest BCUT2D eigenvalue weighted by molar-refractivity contribution is 6.43. The lowest BCUT2D eigenvalue weighted by Gasteiger charge is -2.18. The van der Waals surface area contributed by atoms with Gasteiger partial charge in [-0.3, -0.25) is 0 Å². The van der Waals surface area contributed by atoms with Crippen LogP contribution in [0.1, 0.15) is 19.3 Å². The van der Waals surface area contributed by atoms with Crippen LogP contribution < -0.4 is 16.4 Å². The first kappa shape index (κ1) is 17.3. The predicted octanol–water partition coefficient (Wildman–Crippen LogP) is 3.60. The van der Waals surface area contributed by atoms with Gasteiger partial charge in [0.15, 0.2) is 5.82 Å². The van der Waals surface area contributed by atoms with Crippen LogP contribution in [-0.4, -0.2) is 29.6 Å². The van der Waals surface area contributed by atoms with Crippen molar-refractivity contribution >= 4 is 34.8 Å². The molecule has 1 fully saturated rings. The molecule has 4 N–H and O–H groups in total. The van der Waals surface area contributed by atoms with Crippen LogP contribution in [0.4, 0.5) is 11.6 Å². The summed E-state index contributed by atoms with van der Waals surface area (Å²) in [4.78, 5) is 11.3. The molecule has 0 spiro atoms. The molecule has 1 saturated heterocycles. The third-order valence-corrected chi connectivity index (χ3v) is 5.24. The second kappa shape index (κ2) is 7.55. The standard InChI is InChI=1S/C17H21Cl2N5/c18-13-5-1-4-12(15(13)19)16-17(21)23-14(9-22-16)24-8-6-11(10-24)3-2-7-20/h1,4-5,9,11H,2-3,6-8,10,20H2,(H2,21,23). The van der Waals surface area contributed by atoms with Crippen molar-refractivity contribution in [2.45, 2.75) is 19.3 Å². The Morgan fingerprint density at radius 3 is 2.88 bits per heavy atom. The van der Waals surface area contributed by atoms with Gasteiger partial charge in [-0.25, -0.2) is 9.97 Å². The zero-order valence-corrected chi connectivity index (χ0v) is 14.9. The predicted molar refractivity (Wildman–Crippen MR) is 101 cm³/mol. The molecule has 2 aromatic rings. The van der Waals surface area contributed by atoms with Gasteiger partial charge < -0.3 is 16.4 Å². The first-order valence-corrected chi connectivity index (χ1v) is 8.87. The summed E-state index contributed by atoms with van der Waals surface area (Å²) in [6.07, 6.45) is 5.14. The molecular weight excluding hydrogens is 345 g/mol. The van der Waals surface area contributed by atoms with Crippen molar-refractivity contribution < 1.29 is 0 Å². The molecule has 0 aliphatic carbocycles. The first-order chi connectivity index (χ1) is 11.6. The average molecular weight is 366 g/mol. The summed E-state index contributed by atoms with van der Waals surface area (Å²) >= 11 is 12.3. The van der Waals surface area contributed by atoms with Crippen LogP contribution >= 0.6 is 23.2 Å². The summed E-state index contributed by atoms with van der Waals surface area (Å²) in [5.41, 5.74) is 13.0. The summed E-state index contributed by atoms with van der Waals surface area (Å²) in [6, 6.07) is 5.39. The van der Waals surface area contributed by atoms with E-state index >= 15 is 0 Å². The van der Waals surface area contributed by atoms with Crippen molar-refractivity contribution in [1.82, 2.24) is 9.97 Å². The van der Waals surface area contributed by atoms with Crippen LogP contribution in [0.15, 0.2) is 24.4 Å². The highest BCUT2D eigenvalue weighted by Gasteiger charge is 2.24. The molecule has 1 aromatic heterocycles. The Bertz CT molecular complexity index is 722. The topological polar surface area (TPSA) is 81.1 Å². The number of hydrogen-bond donors (Lipinski definition) is 2. The maximum Gasteiger partial charge on any atom is 0.152 e. The van der Waals surface area contributed by atoms with E-state index in [1.807, 2.05) is 12.1 Å². The van der Waals surface area contributed by atoms with Gasteiger partial charge in [-0.1, -0.05) is 35.3 Å². The average Bonchev–Trinajstić information content (AvgIpc) is 3.05. The molecule has 128 valence electrons. The third kappa shape index (κ3) is 3.58. The highest BCUT2D eigenvalue weighted by atomic mass is 35.5. The van der Waals surface area contributed by atoms with E-state index in [0.717, 1.165) is 44.7 Å². The zero-order valence-electron chi connectivity index (χ0n) is 13.4. The molecule has 3 rings (SSSR count). The fourth-order valence-electron chi connectivity index (χ4n) is 3.12. The number of nitrogen functional groups attached to an aromatic ring is 1. The Morgan fingerprint density at radius 2 is 2.12 bits per heavy atom. The van der Waals surface area contributed by atoms with E-state index in [2.05, 4.69) is 14.9 Å². The lowest BCUT2D eigenvalue weighted by atomic mass is 10.0. The molecule has 1 aliphatic heterocycles. The lowest BCUT2D eigenvalue weighted by molar-refractivity contribution is 0.518. The molecule has 1 atom stereocenters. The van der Waals surface area contributed by atoms with Crippen LogP contribution in [0.2, 0.25) is 10.0 Å². The molecule has 24 heavy (non-hydrogen) atoms. The smallest absolute Gasteiger partial charge is 0.152 e. The second-order valence-corrected chi connectivity index (χ2v) is 6.88. The van der Waals surface area contributed by atoms with E-state index in [1.54, 1.807) is 12.3 Å². The van der Waals surface area contributed by atoms with Crippen molar-refractivity contribution in [3.63, 3.8) is 0 Å². The van der Waals surface area contributed by atoms with E-state index in [9.17, 15) is 0 Å². The van der Waals surface area contributed by atoms with Gasteiger partial charge in [-0.05, 0) is 37.8 Å². The lowest BCUT2D eigenvalue weighted by Crippen LogP contribution is -2.21. The van der Waals surface area contributed by atoms with E-state index in [0.29, 0.717) is 33.0 Å². The molecule has 1 aliphatic rings. The van der Waals surface area contributed by atoms with E-state index in [4.69, 9.17) is 34.7 Å². The van der Waals surface area contributed by atoms with Crippen molar-refractivity contribution in [1.29, 1.82) is 0 Å². The Balaban J connectivity index is 1.80. The Kier molecular flexibility index (Phi) is 5.43. The number of rotatable bonds is 5. The number of halogens is 2. The summed E-state index contributed by atoms with van der Waals surface area (Å²) in [7, 11) is 0. The minimum absolute atomic E-state index is 0.363. The van der Waals surface area contributed by atoms with E-state index < -0.39 is 0 Å². The molecule has 0 bridgehead atoms. The fraction of sp³-hybridized carbons (Fsp3) is 0.412. The van der Waals surface area contributed by atoms with Crippen molar-refractivity contribution in [3.8, 4) is 11.3 Å².